The number of methoxy groups -OCH3 is 1. The van der Waals surface area contributed by atoms with Gasteiger partial charge in [-0.05, 0) is 49.3 Å². The normalized spacial score (nSPS) is 25.4. The van der Waals surface area contributed by atoms with Crippen LogP contribution in [0.25, 0.3) is 0 Å². The third-order valence-corrected chi connectivity index (χ3v) is 3.54. The third kappa shape index (κ3) is 2.38. The molecule has 1 aromatic rings. The van der Waals surface area contributed by atoms with E-state index in [4.69, 9.17) is 4.74 Å². The van der Waals surface area contributed by atoms with Crippen molar-refractivity contribution in [2.45, 2.75) is 44.6 Å². The predicted octanol–water partition coefficient (Wildman–Crippen LogP) is 3.02. The highest BCUT2D eigenvalue weighted by molar-refractivity contribution is 5.37. The molecule has 2 heteroatoms. The second-order valence-electron chi connectivity index (χ2n) is 4.75. The smallest absolute Gasteiger partial charge is 0.121 e. The van der Waals surface area contributed by atoms with Crippen LogP contribution in [0, 0.1) is 6.92 Å². The number of aliphatic hydroxyl groups is 1. The minimum atomic E-state index is -0.110. The summed E-state index contributed by atoms with van der Waals surface area (Å²) in [5, 5.41) is 9.69. The van der Waals surface area contributed by atoms with Gasteiger partial charge < -0.3 is 9.84 Å². The van der Waals surface area contributed by atoms with Crippen molar-refractivity contribution in [3.8, 4) is 5.75 Å². The second-order valence-corrected chi connectivity index (χ2v) is 4.75. The summed E-state index contributed by atoms with van der Waals surface area (Å²) < 4.78 is 5.26. The van der Waals surface area contributed by atoms with Crippen molar-refractivity contribution in [2.24, 2.45) is 0 Å². The van der Waals surface area contributed by atoms with E-state index in [1.54, 1.807) is 7.11 Å². The standard InChI is InChI=1S/C14H20O2/c1-10-8-12(6-7-14(10)16-2)11-4-3-5-13(15)9-11/h6-8,11,13,15H,3-5,9H2,1-2H3. The number of benzene rings is 1. The fourth-order valence-electron chi connectivity index (χ4n) is 2.62. The zero-order valence-electron chi connectivity index (χ0n) is 10.1. The molecule has 0 aliphatic heterocycles. The molecule has 1 saturated carbocycles. The minimum absolute atomic E-state index is 0.110. The van der Waals surface area contributed by atoms with Crippen LogP contribution in [0.4, 0.5) is 0 Å². The van der Waals surface area contributed by atoms with E-state index >= 15 is 0 Å². The van der Waals surface area contributed by atoms with E-state index in [2.05, 4.69) is 19.1 Å². The zero-order chi connectivity index (χ0) is 11.5. The van der Waals surface area contributed by atoms with Crippen LogP contribution in [0.1, 0.15) is 42.7 Å². The molecule has 16 heavy (non-hydrogen) atoms. The molecular weight excluding hydrogens is 200 g/mol. The summed E-state index contributed by atoms with van der Waals surface area (Å²) in [5.41, 5.74) is 2.53. The Morgan fingerprint density at radius 3 is 2.75 bits per heavy atom. The average Bonchev–Trinajstić information content (AvgIpc) is 2.29. The van der Waals surface area contributed by atoms with E-state index in [1.165, 1.54) is 17.5 Å². The Morgan fingerprint density at radius 1 is 1.31 bits per heavy atom. The van der Waals surface area contributed by atoms with E-state index in [0.29, 0.717) is 5.92 Å². The summed E-state index contributed by atoms with van der Waals surface area (Å²) in [7, 11) is 1.70. The Balaban J connectivity index is 2.17. The van der Waals surface area contributed by atoms with Crippen molar-refractivity contribution in [1.29, 1.82) is 0 Å². The molecule has 88 valence electrons. The quantitative estimate of drug-likeness (QED) is 0.830. The molecule has 1 aliphatic carbocycles. The first-order chi connectivity index (χ1) is 7.70. The van der Waals surface area contributed by atoms with Gasteiger partial charge in [0.15, 0.2) is 0 Å². The molecule has 0 spiro atoms. The molecule has 0 saturated heterocycles. The van der Waals surface area contributed by atoms with E-state index in [1.807, 2.05) is 6.07 Å². The maximum absolute atomic E-state index is 9.69. The number of hydrogen-bond donors (Lipinski definition) is 1. The van der Waals surface area contributed by atoms with Crippen molar-refractivity contribution in [2.75, 3.05) is 7.11 Å². The first-order valence-corrected chi connectivity index (χ1v) is 6.03. The van der Waals surface area contributed by atoms with Crippen LogP contribution in [0.3, 0.4) is 0 Å². The van der Waals surface area contributed by atoms with Gasteiger partial charge in [-0.1, -0.05) is 18.6 Å². The van der Waals surface area contributed by atoms with Gasteiger partial charge in [-0.15, -0.1) is 0 Å². The fourth-order valence-corrected chi connectivity index (χ4v) is 2.62. The molecule has 2 nitrogen and oxygen atoms in total. The summed E-state index contributed by atoms with van der Waals surface area (Å²) in [6.45, 7) is 2.07. The number of hydrogen-bond acceptors (Lipinski definition) is 2. The number of ether oxygens (including phenoxy) is 1. The van der Waals surface area contributed by atoms with E-state index < -0.39 is 0 Å². The lowest BCUT2D eigenvalue weighted by Crippen LogP contribution is -2.18. The molecule has 0 amide bonds. The zero-order valence-corrected chi connectivity index (χ0v) is 10.1. The van der Waals surface area contributed by atoms with E-state index in [9.17, 15) is 5.11 Å². The molecule has 1 N–H and O–H groups in total. The maximum Gasteiger partial charge on any atom is 0.121 e. The Hall–Kier alpha value is -1.02. The van der Waals surface area contributed by atoms with Crippen LogP contribution >= 0.6 is 0 Å². The van der Waals surface area contributed by atoms with Crippen molar-refractivity contribution in [1.82, 2.24) is 0 Å². The summed E-state index contributed by atoms with van der Waals surface area (Å²) in [5.74, 6) is 1.47. The number of aryl methyl sites for hydroxylation is 1. The molecule has 1 aliphatic rings. The van der Waals surface area contributed by atoms with E-state index in [-0.39, 0.29) is 6.10 Å². The van der Waals surface area contributed by atoms with Crippen LogP contribution in [-0.4, -0.2) is 18.3 Å². The highest BCUT2D eigenvalue weighted by atomic mass is 16.5. The molecule has 0 aromatic heterocycles. The largest absolute Gasteiger partial charge is 0.496 e. The van der Waals surface area contributed by atoms with Gasteiger partial charge in [0, 0.05) is 0 Å². The van der Waals surface area contributed by atoms with Gasteiger partial charge in [0.1, 0.15) is 5.75 Å². The number of rotatable bonds is 2. The van der Waals surface area contributed by atoms with Crippen molar-refractivity contribution >= 4 is 0 Å². The topological polar surface area (TPSA) is 29.5 Å². The molecule has 0 heterocycles. The highest BCUT2D eigenvalue weighted by Gasteiger charge is 2.21. The van der Waals surface area contributed by atoms with Crippen LogP contribution in [-0.2, 0) is 0 Å². The summed E-state index contributed by atoms with van der Waals surface area (Å²) >= 11 is 0. The fraction of sp³-hybridized carbons (Fsp3) is 0.571. The highest BCUT2D eigenvalue weighted by Crippen LogP contribution is 2.34. The van der Waals surface area contributed by atoms with Crippen LogP contribution < -0.4 is 4.74 Å². The van der Waals surface area contributed by atoms with Gasteiger partial charge in [-0.2, -0.15) is 0 Å². The van der Waals surface area contributed by atoms with Gasteiger partial charge in [-0.25, -0.2) is 0 Å². The maximum atomic E-state index is 9.69. The lowest BCUT2D eigenvalue weighted by molar-refractivity contribution is 0.119. The average molecular weight is 220 g/mol. The Morgan fingerprint density at radius 2 is 2.12 bits per heavy atom. The van der Waals surface area contributed by atoms with E-state index in [0.717, 1.165) is 25.0 Å². The molecule has 1 aromatic carbocycles. The molecule has 2 rings (SSSR count). The lowest BCUT2D eigenvalue weighted by atomic mass is 9.82. The number of aliphatic hydroxyl groups excluding tert-OH is 1. The first-order valence-electron chi connectivity index (χ1n) is 6.03. The predicted molar refractivity (Wildman–Crippen MR) is 64.9 cm³/mol. The Labute approximate surface area is 97.3 Å². The summed E-state index contributed by atoms with van der Waals surface area (Å²) in [6.07, 6.45) is 4.10. The Kier molecular flexibility index (Phi) is 3.49. The molecule has 2 unspecified atom stereocenters. The van der Waals surface area contributed by atoms with Gasteiger partial charge >= 0.3 is 0 Å². The van der Waals surface area contributed by atoms with Crippen molar-refractivity contribution < 1.29 is 9.84 Å². The molecular formula is C14H20O2. The van der Waals surface area contributed by atoms with Gasteiger partial charge in [0.2, 0.25) is 0 Å². The third-order valence-electron chi connectivity index (χ3n) is 3.54. The summed E-state index contributed by atoms with van der Waals surface area (Å²) in [4.78, 5) is 0. The van der Waals surface area contributed by atoms with Gasteiger partial charge in [-0.3, -0.25) is 0 Å². The molecule has 1 fully saturated rings. The van der Waals surface area contributed by atoms with Crippen molar-refractivity contribution in [3.63, 3.8) is 0 Å². The minimum Gasteiger partial charge on any atom is -0.496 e. The van der Waals surface area contributed by atoms with Crippen LogP contribution in [0.2, 0.25) is 0 Å². The Bertz CT molecular complexity index is 360. The molecule has 2 atom stereocenters. The van der Waals surface area contributed by atoms with Crippen molar-refractivity contribution in [3.05, 3.63) is 29.3 Å². The van der Waals surface area contributed by atoms with Crippen LogP contribution in [0.5, 0.6) is 5.75 Å². The van der Waals surface area contributed by atoms with Crippen LogP contribution in [0.15, 0.2) is 18.2 Å². The lowest BCUT2D eigenvalue weighted by Gasteiger charge is -2.26. The summed E-state index contributed by atoms with van der Waals surface area (Å²) in [6, 6.07) is 6.36. The monoisotopic (exact) mass is 220 g/mol. The first kappa shape index (κ1) is 11.5. The molecule has 0 bridgehead atoms. The van der Waals surface area contributed by atoms with Gasteiger partial charge in [0.25, 0.3) is 0 Å². The molecule has 0 radical (unpaired) electrons. The van der Waals surface area contributed by atoms with Gasteiger partial charge in [0.05, 0.1) is 13.2 Å². The SMILES string of the molecule is COc1ccc(C2CCCC(O)C2)cc1C. The second kappa shape index (κ2) is 4.88.